The Morgan fingerprint density at radius 3 is 2.47 bits per heavy atom. The number of rotatable bonds is 4. The number of aryl methyl sites for hydroxylation is 1. The van der Waals surface area contributed by atoms with Crippen molar-refractivity contribution in [2.45, 2.75) is 32.9 Å². The number of hydrogen-bond donors (Lipinski definition) is 1. The molecule has 0 fully saturated rings. The van der Waals surface area contributed by atoms with Crippen molar-refractivity contribution in [1.82, 2.24) is 10.3 Å². The molecule has 0 atom stereocenters. The molecule has 0 radical (unpaired) electrons. The third-order valence-electron chi connectivity index (χ3n) is 3.43. The zero-order chi connectivity index (χ0) is 13.9. The molecule has 0 spiro atoms. The van der Waals surface area contributed by atoms with Gasteiger partial charge in [0, 0.05) is 29.0 Å². The van der Waals surface area contributed by atoms with Crippen LogP contribution in [-0.4, -0.2) is 4.98 Å². The highest BCUT2D eigenvalue weighted by atomic mass is 79.9. The van der Waals surface area contributed by atoms with E-state index in [1.165, 1.54) is 16.7 Å². The first-order valence-corrected chi connectivity index (χ1v) is 7.19. The molecule has 1 N–H and O–H groups in total. The molecule has 19 heavy (non-hydrogen) atoms. The third-order valence-corrected chi connectivity index (χ3v) is 3.96. The highest BCUT2D eigenvalue weighted by Crippen LogP contribution is 2.22. The average molecular weight is 319 g/mol. The smallest absolute Gasteiger partial charge is 0.0380 e. The van der Waals surface area contributed by atoms with Crippen molar-refractivity contribution in [3.8, 4) is 0 Å². The van der Waals surface area contributed by atoms with E-state index in [0.717, 1.165) is 11.0 Å². The van der Waals surface area contributed by atoms with Crippen LogP contribution in [0.1, 0.15) is 30.5 Å². The molecule has 2 aromatic rings. The molecule has 100 valence electrons. The number of nitrogens with one attached hydrogen (secondary N) is 1. The van der Waals surface area contributed by atoms with Crippen LogP contribution in [0.2, 0.25) is 0 Å². The van der Waals surface area contributed by atoms with Crippen molar-refractivity contribution in [1.29, 1.82) is 0 Å². The normalized spacial score (nSPS) is 11.6. The second-order valence-electron chi connectivity index (χ2n) is 5.29. The number of nitrogens with zero attached hydrogens (tertiary/aromatic N) is 1. The monoisotopic (exact) mass is 318 g/mol. The molecule has 0 aliphatic rings. The minimum Gasteiger partial charge on any atom is -0.304 e. The van der Waals surface area contributed by atoms with E-state index in [2.05, 4.69) is 71.3 Å². The Bertz CT molecular complexity index is 547. The summed E-state index contributed by atoms with van der Waals surface area (Å²) >= 11 is 3.47. The second kappa shape index (κ2) is 5.85. The Hall–Kier alpha value is -1.19. The van der Waals surface area contributed by atoms with Crippen molar-refractivity contribution in [3.05, 3.63) is 63.9 Å². The summed E-state index contributed by atoms with van der Waals surface area (Å²) in [7, 11) is 0. The van der Waals surface area contributed by atoms with Gasteiger partial charge in [0.25, 0.3) is 0 Å². The SMILES string of the molecule is Cc1ccncc1CNC(C)(C)c1ccc(Br)cc1. The summed E-state index contributed by atoms with van der Waals surface area (Å²) in [4.78, 5) is 4.18. The van der Waals surface area contributed by atoms with E-state index in [1.54, 1.807) is 0 Å². The number of halogens is 1. The lowest BCUT2D eigenvalue weighted by Gasteiger charge is -2.27. The molecule has 0 amide bonds. The van der Waals surface area contributed by atoms with Crippen LogP contribution in [0.5, 0.6) is 0 Å². The molecule has 1 aromatic carbocycles. The fraction of sp³-hybridized carbons (Fsp3) is 0.312. The number of hydrogen-bond acceptors (Lipinski definition) is 2. The van der Waals surface area contributed by atoms with Crippen LogP contribution >= 0.6 is 15.9 Å². The van der Waals surface area contributed by atoms with E-state index in [-0.39, 0.29) is 5.54 Å². The first kappa shape index (κ1) is 14.2. The lowest BCUT2D eigenvalue weighted by atomic mass is 9.94. The largest absolute Gasteiger partial charge is 0.304 e. The zero-order valence-corrected chi connectivity index (χ0v) is 13.2. The van der Waals surface area contributed by atoms with Crippen LogP contribution in [0.3, 0.4) is 0 Å². The molecule has 0 saturated heterocycles. The van der Waals surface area contributed by atoms with Gasteiger partial charge in [0.05, 0.1) is 0 Å². The molecular formula is C16H19BrN2. The maximum atomic E-state index is 4.18. The van der Waals surface area contributed by atoms with E-state index >= 15 is 0 Å². The molecule has 0 aliphatic heterocycles. The molecule has 1 aromatic heterocycles. The summed E-state index contributed by atoms with van der Waals surface area (Å²) in [6.07, 6.45) is 3.76. The van der Waals surface area contributed by atoms with Crippen LogP contribution in [0.25, 0.3) is 0 Å². The van der Waals surface area contributed by atoms with Gasteiger partial charge in [0.15, 0.2) is 0 Å². The number of benzene rings is 1. The molecule has 0 bridgehead atoms. The molecule has 2 nitrogen and oxygen atoms in total. The van der Waals surface area contributed by atoms with Gasteiger partial charge in [0.2, 0.25) is 0 Å². The Morgan fingerprint density at radius 2 is 1.84 bits per heavy atom. The topological polar surface area (TPSA) is 24.9 Å². The summed E-state index contributed by atoms with van der Waals surface area (Å²) in [5.41, 5.74) is 3.72. The van der Waals surface area contributed by atoms with E-state index in [0.29, 0.717) is 0 Å². The minimum absolute atomic E-state index is 0.0665. The van der Waals surface area contributed by atoms with Crippen molar-refractivity contribution in [3.63, 3.8) is 0 Å². The summed E-state index contributed by atoms with van der Waals surface area (Å²) < 4.78 is 1.11. The predicted octanol–water partition coefficient (Wildman–Crippen LogP) is 4.18. The lowest BCUT2D eigenvalue weighted by Crippen LogP contribution is -2.36. The average Bonchev–Trinajstić information content (AvgIpc) is 2.38. The summed E-state index contributed by atoms with van der Waals surface area (Å²) in [5, 5.41) is 3.60. The molecule has 3 heteroatoms. The van der Waals surface area contributed by atoms with E-state index in [4.69, 9.17) is 0 Å². The van der Waals surface area contributed by atoms with Crippen LogP contribution in [0.15, 0.2) is 47.2 Å². The van der Waals surface area contributed by atoms with Gasteiger partial charge in [-0.05, 0) is 55.7 Å². The molecule has 0 unspecified atom stereocenters. The van der Waals surface area contributed by atoms with E-state index in [9.17, 15) is 0 Å². The first-order chi connectivity index (χ1) is 8.99. The standard InChI is InChI=1S/C16H19BrN2/c1-12-8-9-18-10-13(12)11-19-16(2,3)14-4-6-15(17)7-5-14/h4-10,19H,11H2,1-3H3. The third kappa shape index (κ3) is 3.64. The second-order valence-corrected chi connectivity index (χ2v) is 6.20. The Morgan fingerprint density at radius 1 is 1.16 bits per heavy atom. The summed E-state index contributed by atoms with van der Waals surface area (Å²) in [6.45, 7) is 7.33. The zero-order valence-electron chi connectivity index (χ0n) is 11.6. The maximum absolute atomic E-state index is 4.18. The maximum Gasteiger partial charge on any atom is 0.0380 e. The van der Waals surface area contributed by atoms with Gasteiger partial charge >= 0.3 is 0 Å². The van der Waals surface area contributed by atoms with Crippen molar-refractivity contribution >= 4 is 15.9 Å². The lowest BCUT2D eigenvalue weighted by molar-refractivity contribution is 0.400. The highest BCUT2D eigenvalue weighted by Gasteiger charge is 2.19. The fourth-order valence-corrected chi connectivity index (χ4v) is 2.23. The van der Waals surface area contributed by atoms with Gasteiger partial charge in [-0.2, -0.15) is 0 Å². The molecular weight excluding hydrogens is 300 g/mol. The first-order valence-electron chi connectivity index (χ1n) is 6.39. The summed E-state index contributed by atoms with van der Waals surface area (Å²) in [6, 6.07) is 10.5. The Balaban J connectivity index is 2.09. The van der Waals surface area contributed by atoms with Gasteiger partial charge in [0.1, 0.15) is 0 Å². The van der Waals surface area contributed by atoms with Crippen molar-refractivity contribution < 1.29 is 0 Å². The summed E-state index contributed by atoms with van der Waals surface area (Å²) in [5.74, 6) is 0. The van der Waals surface area contributed by atoms with Gasteiger partial charge in [-0.3, -0.25) is 4.98 Å². The number of aromatic nitrogens is 1. The van der Waals surface area contributed by atoms with Crippen molar-refractivity contribution in [2.24, 2.45) is 0 Å². The van der Waals surface area contributed by atoms with Crippen LogP contribution in [-0.2, 0) is 12.1 Å². The van der Waals surface area contributed by atoms with Gasteiger partial charge in [-0.25, -0.2) is 0 Å². The van der Waals surface area contributed by atoms with Crippen LogP contribution in [0.4, 0.5) is 0 Å². The van der Waals surface area contributed by atoms with Crippen molar-refractivity contribution in [2.75, 3.05) is 0 Å². The van der Waals surface area contributed by atoms with Crippen LogP contribution < -0.4 is 5.32 Å². The van der Waals surface area contributed by atoms with E-state index < -0.39 is 0 Å². The van der Waals surface area contributed by atoms with Crippen LogP contribution in [0, 0.1) is 6.92 Å². The van der Waals surface area contributed by atoms with Gasteiger partial charge in [-0.1, -0.05) is 28.1 Å². The number of pyridine rings is 1. The molecule has 2 rings (SSSR count). The molecule has 0 saturated carbocycles. The fourth-order valence-electron chi connectivity index (χ4n) is 1.97. The molecule has 0 aliphatic carbocycles. The quantitative estimate of drug-likeness (QED) is 0.914. The van der Waals surface area contributed by atoms with E-state index in [1.807, 2.05) is 18.5 Å². The molecule has 1 heterocycles. The minimum atomic E-state index is -0.0665. The Labute approximate surface area is 123 Å². The van der Waals surface area contributed by atoms with Gasteiger partial charge in [-0.15, -0.1) is 0 Å². The highest BCUT2D eigenvalue weighted by molar-refractivity contribution is 9.10. The predicted molar refractivity (Wildman–Crippen MR) is 83.0 cm³/mol. The Kier molecular flexibility index (Phi) is 4.38. The van der Waals surface area contributed by atoms with Gasteiger partial charge < -0.3 is 5.32 Å².